The van der Waals surface area contributed by atoms with E-state index in [1.807, 2.05) is 78.4 Å². The lowest BCUT2D eigenvalue weighted by Gasteiger charge is -2.34. The number of hydrogen-bond donors (Lipinski definition) is 1. The van der Waals surface area contributed by atoms with Gasteiger partial charge in [-0.25, -0.2) is 4.98 Å². The van der Waals surface area contributed by atoms with Crippen molar-refractivity contribution in [3.8, 4) is 11.3 Å². The zero-order valence-corrected chi connectivity index (χ0v) is 20.0. The van der Waals surface area contributed by atoms with E-state index in [4.69, 9.17) is 4.98 Å². The Kier molecular flexibility index (Phi) is 5.18. The van der Waals surface area contributed by atoms with Crippen molar-refractivity contribution in [2.24, 2.45) is 7.05 Å². The normalized spacial score (nSPS) is 15.2. The van der Waals surface area contributed by atoms with Crippen molar-refractivity contribution in [3.05, 3.63) is 96.3 Å². The fourth-order valence-electron chi connectivity index (χ4n) is 4.87. The Balaban J connectivity index is 1.26. The van der Waals surface area contributed by atoms with Gasteiger partial charge in [-0.2, -0.15) is 5.10 Å². The Morgan fingerprint density at radius 1 is 1.03 bits per heavy atom. The van der Waals surface area contributed by atoms with Crippen molar-refractivity contribution in [2.45, 2.75) is 19.5 Å². The number of rotatable bonds is 4. The third kappa shape index (κ3) is 3.65. The number of aryl methyl sites for hydroxylation is 1. The molecule has 2 amide bonds. The maximum Gasteiger partial charge on any atom is 0.274 e. The molecule has 1 aromatic carbocycles. The Hall–Kier alpha value is -4.66. The topological polar surface area (TPSA) is 89.5 Å². The lowest BCUT2D eigenvalue weighted by molar-refractivity contribution is 0.0640. The fraction of sp³-hybridized carbons (Fsp3) is 0.185. The van der Waals surface area contributed by atoms with Gasteiger partial charge in [0.2, 0.25) is 0 Å². The summed E-state index contributed by atoms with van der Waals surface area (Å²) in [6.07, 6.45) is 7.30. The molecule has 5 heterocycles. The number of benzene rings is 1. The first kappa shape index (κ1) is 21.8. The smallest absolute Gasteiger partial charge is 0.274 e. The highest BCUT2D eigenvalue weighted by molar-refractivity contribution is 6.11. The van der Waals surface area contributed by atoms with Crippen molar-refractivity contribution in [3.63, 3.8) is 0 Å². The number of nitrogens with one attached hydrogen (secondary N) is 1. The molecule has 5 aromatic rings. The highest BCUT2D eigenvalue weighted by atomic mass is 16.2. The maximum absolute atomic E-state index is 13.5. The molecule has 1 aliphatic heterocycles. The van der Waals surface area contributed by atoms with Crippen molar-refractivity contribution in [1.82, 2.24) is 28.6 Å². The third-order valence-electron chi connectivity index (χ3n) is 6.77. The van der Waals surface area contributed by atoms with Crippen LogP contribution in [0.15, 0.2) is 79.4 Å². The van der Waals surface area contributed by atoms with Crippen LogP contribution in [0.25, 0.3) is 16.9 Å². The molecule has 6 rings (SSSR count). The average molecular weight is 480 g/mol. The summed E-state index contributed by atoms with van der Waals surface area (Å²) >= 11 is 0. The second-order valence-electron chi connectivity index (χ2n) is 8.96. The molecule has 0 fully saturated rings. The lowest BCUT2D eigenvalue weighted by atomic mass is 10.1. The van der Waals surface area contributed by atoms with E-state index in [1.165, 1.54) is 10.9 Å². The van der Waals surface area contributed by atoms with E-state index in [2.05, 4.69) is 15.0 Å². The van der Waals surface area contributed by atoms with Crippen LogP contribution in [0.3, 0.4) is 0 Å². The molecule has 9 nitrogen and oxygen atoms in total. The number of aromatic nitrogens is 5. The van der Waals surface area contributed by atoms with Crippen LogP contribution in [0.2, 0.25) is 0 Å². The van der Waals surface area contributed by atoms with Crippen LogP contribution < -0.4 is 5.32 Å². The number of hydrogen-bond acceptors (Lipinski definition) is 4. The largest absolute Gasteiger partial charge is 0.348 e. The SMILES string of the molecule is CC1c2cccn2CCN1C(=O)c1cnn(C)c1C(=O)Nc1ccn2cc(-c3ccccc3)nc2c1. The zero-order valence-electron chi connectivity index (χ0n) is 20.0. The summed E-state index contributed by atoms with van der Waals surface area (Å²) in [6, 6.07) is 17.5. The van der Waals surface area contributed by atoms with Gasteiger partial charge in [-0.3, -0.25) is 14.3 Å². The summed E-state index contributed by atoms with van der Waals surface area (Å²) in [5.41, 5.74) is 4.74. The van der Waals surface area contributed by atoms with Gasteiger partial charge in [0.25, 0.3) is 11.8 Å². The van der Waals surface area contributed by atoms with Gasteiger partial charge in [0, 0.05) is 61.7 Å². The summed E-state index contributed by atoms with van der Waals surface area (Å²) in [5.74, 6) is -0.602. The molecule has 0 spiro atoms. The van der Waals surface area contributed by atoms with Crippen molar-refractivity contribution in [2.75, 3.05) is 11.9 Å². The Morgan fingerprint density at radius 2 is 1.86 bits per heavy atom. The third-order valence-corrected chi connectivity index (χ3v) is 6.77. The number of fused-ring (bicyclic) bond motifs is 2. The molecular weight excluding hydrogens is 454 g/mol. The average Bonchev–Trinajstić information content (AvgIpc) is 3.62. The van der Waals surface area contributed by atoms with Crippen LogP contribution in [0, 0.1) is 0 Å². The van der Waals surface area contributed by atoms with Crippen LogP contribution in [-0.4, -0.2) is 47.0 Å². The van der Waals surface area contributed by atoms with Crippen molar-refractivity contribution < 1.29 is 9.59 Å². The van der Waals surface area contributed by atoms with Crippen molar-refractivity contribution >= 4 is 23.1 Å². The van der Waals surface area contributed by atoms with E-state index in [1.54, 1.807) is 18.0 Å². The summed E-state index contributed by atoms with van der Waals surface area (Å²) in [5, 5.41) is 7.15. The standard InChI is InChI=1S/C27H25N7O2/c1-18-23-9-6-11-32(23)13-14-34(18)27(36)21-16-28-31(2)25(21)26(35)29-20-10-12-33-17-22(30-24(33)15-20)19-7-4-3-5-8-19/h3-12,15-18H,13-14H2,1-2H3,(H,29,35). The first-order valence-electron chi connectivity index (χ1n) is 11.8. The number of nitrogens with zero attached hydrogens (tertiary/aromatic N) is 6. The number of anilines is 1. The number of carbonyl (C=O) groups is 2. The highest BCUT2D eigenvalue weighted by Crippen LogP contribution is 2.28. The van der Waals surface area contributed by atoms with E-state index in [9.17, 15) is 9.59 Å². The second-order valence-corrected chi connectivity index (χ2v) is 8.96. The lowest BCUT2D eigenvalue weighted by Crippen LogP contribution is -2.41. The zero-order chi connectivity index (χ0) is 24.8. The Morgan fingerprint density at radius 3 is 2.69 bits per heavy atom. The number of pyridine rings is 1. The molecule has 0 aliphatic carbocycles. The van der Waals surface area contributed by atoms with Gasteiger partial charge in [0.1, 0.15) is 11.3 Å². The van der Waals surface area contributed by atoms with E-state index in [0.717, 1.165) is 23.5 Å². The first-order chi connectivity index (χ1) is 17.5. The quantitative estimate of drug-likeness (QED) is 0.422. The summed E-state index contributed by atoms with van der Waals surface area (Å²) in [4.78, 5) is 33.3. The summed E-state index contributed by atoms with van der Waals surface area (Å²) < 4.78 is 5.51. The highest BCUT2D eigenvalue weighted by Gasteiger charge is 2.32. The number of imidazole rings is 1. The van der Waals surface area contributed by atoms with E-state index in [0.29, 0.717) is 17.9 Å². The van der Waals surface area contributed by atoms with Gasteiger partial charge in [-0.05, 0) is 25.1 Å². The maximum atomic E-state index is 13.5. The van der Waals surface area contributed by atoms with Gasteiger partial charge in [0.05, 0.1) is 23.5 Å². The predicted molar refractivity (Wildman–Crippen MR) is 136 cm³/mol. The minimum Gasteiger partial charge on any atom is -0.348 e. The Labute approximate surface area is 207 Å². The molecule has 0 saturated carbocycles. The molecule has 180 valence electrons. The number of carbonyl (C=O) groups excluding carboxylic acids is 2. The molecule has 1 N–H and O–H groups in total. The molecule has 0 saturated heterocycles. The molecular formula is C27H25N7O2. The van der Waals surface area contributed by atoms with Crippen LogP contribution in [0.1, 0.15) is 39.5 Å². The molecule has 1 atom stereocenters. The van der Waals surface area contributed by atoms with Crippen LogP contribution >= 0.6 is 0 Å². The van der Waals surface area contributed by atoms with Crippen LogP contribution in [0.5, 0.6) is 0 Å². The molecule has 1 unspecified atom stereocenters. The molecule has 36 heavy (non-hydrogen) atoms. The minimum atomic E-state index is -0.398. The minimum absolute atomic E-state index is 0.0981. The molecule has 4 aromatic heterocycles. The van der Waals surface area contributed by atoms with Gasteiger partial charge in [0.15, 0.2) is 0 Å². The van der Waals surface area contributed by atoms with Gasteiger partial charge < -0.3 is 19.2 Å². The Bertz CT molecular complexity index is 1590. The number of amides is 2. The fourth-order valence-corrected chi connectivity index (χ4v) is 4.87. The summed E-state index contributed by atoms with van der Waals surface area (Å²) in [6.45, 7) is 3.29. The van der Waals surface area contributed by atoms with Gasteiger partial charge in [-0.15, -0.1) is 0 Å². The van der Waals surface area contributed by atoms with Gasteiger partial charge >= 0.3 is 0 Å². The molecule has 0 bridgehead atoms. The van der Waals surface area contributed by atoms with E-state index in [-0.39, 0.29) is 23.2 Å². The summed E-state index contributed by atoms with van der Waals surface area (Å²) in [7, 11) is 1.67. The van der Waals surface area contributed by atoms with Crippen LogP contribution in [-0.2, 0) is 13.6 Å². The molecule has 1 aliphatic rings. The monoisotopic (exact) mass is 479 g/mol. The van der Waals surface area contributed by atoms with E-state index >= 15 is 0 Å². The van der Waals surface area contributed by atoms with Gasteiger partial charge in [-0.1, -0.05) is 30.3 Å². The first-order valence-corrected chi connectivity index (χ1v) is 11.8. The van der Waals surface area contributed by atoms with Crippen molar-refractivity contribution in [1.29, 1.82) is 0 Å². The second kappa shape index (κ2) is 8.53. The molecule has 9 heteroatoms. The van der Waals surface area contributed by atoms with Crippen LogP contribution in [0.4, 0.5) is 5.69 Å². The predicted octanol–water partition coefficient (Wildman–Crippen LogP) is 4.01. The van der Waals surface area contributed by atoms with E-state index < -0.39 is 5.91 Å². The molecule has 0 radical (unpaired) electrons.